The standard InChI is InChI=1S/2C3H6O3.H2S/c2*1-2(4)3(5)6;/h2*2,4H,1H3,(H,5,6);1H2. The number of hydrogen-bond acceptors (Lipinski definition) is 4. The van der Waals surface area contributed by atoms with Gasteiger partial charge in [-0.15, -0.1) is 0 Å². The summed E-state index contributed by atoms with van der Waals surface area (Å²) in [5, 5.41) is 31.5. The van der Waals surface area contributed by atoms with E-state index in [0.29, 0.717) is 0 Å². The molecule has 0 fully saturated rings. The van der Waals surface area contributed by atoms with Crippen LogP contribution in [0.1, 0.15) is 13.8 Å². The summed E-state index contributed by atoms with van der Waals surface area (Å²) < 4.78 is 0. The van der Waals surface area contributed by atoms with Crippen LogP contribution in [0.4, 0.5) is 0 Å². The Morgan fingerprint density at radius 1 is 0.923 bits per heavy atom. The maximum atomic E-state index is 9.45. The van der Waals surface area contributed by atoms with Gasteiger partial charge in [0, 0.05) is 0 Å². The van der Waals surface area contributed by atoms with Crippen molar-refractivity contribution >= 4 is 25.4 Å². The molecule has 7 heteroatoms. The van der Waals surface area contributed by atoms with Gasteiger partial charge in [0.05, 0.1) is 0 Å². The topological polar surface area (TPSA) is 115 Å². The SMILES string of the molecule is CC(O)C(=O)O.CC(O)C(=O)O.S. The van der Waals surface area contributed by atoms with Crippen LogP contribution in [-0.4, -0.2) is 44.6 Å². The van der Waals surface area contributed by atoms with E-state index in [1.54, 1.807) is 0 Å². The Labute approximate surface area is 82.3 Å². The quantitative estimate of drug-likeness (QED) is 0.469. The summed E-state index contributed by atoms with van der Waals surface area (Å²) in [5.41, 5.74) is 0. The van der Waals surface area contributed by atoms with E-state index in [9.17, 15) is 9.59 Å². The monoisotopic (exact) mass is 214 g/mol. The normalized spacial score (nSPS) is 12.6. The number of carbonyl (C=O) groups is 2. The van der Waals surface area contributed by atoms with Gasteiger partial charge in [-0.05, 0) is 13.8 Å². The summed E-state index contributed by atoms with van der Waals surface area (Å²) in [5.74, 6) is -2.37. The van der Waals surface area contributed by atoms with E-state index in [4.69, 9.17) is 20.4 Å². The predicted octanol–water partition coefficient (Wildman–Crippen LogP) is -0.984. The first kappa shape index (κ1) is 18.1. The van der Waals surface area contributed by atoms with Crippen molar-refractivity contribution in [3.05, 3.63) is 0 Å². The fraction of sp³-hybridized carbons (Fsp3) is 0.667. The van der Waals surface area contributed by atoms with Gasteiger partial charge in [-0.2, -0.15) is 13.5 Å². The van der Waals surface area contributed by atoms with Crippen molar-refractivity contribution in [3.63, 3.8) is 0 Å². The number of aliphatic hydroxyl groups is 2. The lowest BCUT2D eigenvalue weighted by Crippen LogP contribution is -2.13. The van der Waals surface area contributed by atoms with Crippen molar-refractivity contribution in [3.8, 4) is 0 Å². The predicted molar refractivity (Wildman–Crippen MR) is 49.0 cm³/mol. The zero-order valence-corrected chi connectivity index (χ0v) is 8.26. The smallest absolute Gasteiger partial charge is 0.332 e. The molecule has 80 valence electrons. The molecule has 0 saturated heterocycles. The summed E-state index contributed by atoms with van der Waals surface area (Å²) in [7, 11) is 0. The highest BCUT2D eigenvalue weighted by atomic mass is 32.1. The minimum Gasteiger partial charge on any atom is -0.479 e. The lowest BCUT2D eigenvalue weighted by molar-refractivity contribution is -0.146. The summed E-state index contributed by atoms with van der Waals surface area (Å²) in [4.78, 5) is 18.9. The van der Waals surface area contributed by atoms with Crippen LogP contribution in [0, 0.1) is 0 Å². The molecule has 0 aromatic heterocycles. The maximum Gasteiger partial charge on any atom is 0.332 e. The van der Waals surface area contributed by atoms with Crippen LogP contribution in [0.5, 0.6) is 0 Å². The van der Waals surface area contributed by atoms with E-state index >= 15 is 0 Å². The highest BCUT2D eigenvalue weighted by molar-refractivity contribution is 7.59. The van der Waals surface area contributed by atoms with Crippen molar-refractivity contribution in [2.75, 3.05) is 0 Å². The van der Waals surface area contributed by atoms with Gasteiger partial charge in [0.1, 0.15) is 12.2 Å². The van der Waals surface area contributed by atoms with Crippen molar-refractivity contribution in [1.29, 1.82) is 0 Å². The van der Waals surface area contributed by atoms with E-state index in [1.165, 1.54) is 13.8 Å². The zero-order valence-electron chi connectivity index (χ0n) is 7.26. The molecule has 0 aliphatic heterocycles. The molecule has 0 bridgehead atoms. The minimum absolute atomic E-state index is 0. The van der Waals surface area contributed by atoms with Crippen molar-refractivity contribution < 1.29 is 30.0 Å². The van der Waals surface area contributed by atoms with Crippen LogP contribution in [0.2, 0.25) is 0 Å². The lowest BCUT2D eigenvalue weighted by Gasteiger charge is -1.89. The summed E-state index contributed by atoms with van der Waals surface area (Å²) >= 11 is 0. The summed E-state index contributed by atoms with van der Waals surface area (Å²) in [6.45, 7) is 2.39. The van der Waals surface area contributed by atoms with E-state index in [2.05, 4.69) is 0 Å². The molecule has 0 rings (SSSR count). The number of carboxylic acid groups (broad SMARTS) is 2. The second-order valence-electron chi connectivity index (χ2n) is 2.03. The number of aliphatic carboxylic acids is 2. The first-order chi connectivity index (χ1) is 5.29. The molecule has 0 radical (unpaired) electrons. The first-order valence-electron chi connectivity index (χ1n) is 3.10. The van der Waals surface area contributed by atoms with Gasteiger partial charge in [0.25, 0.3) is 0 Å². The average Bonchev–Trinajstić information content (AvgIpc) is 1.88. The Balaban J connectivity index is -0.000000143. The van der Waals surface area contributed by atoms with Crippen molar-refractivity contribution in [2.24, 2.45) is 0 Å². The molecule has 2 unspecified atom stereocenters. The molecule has 0 saturated carbocycles. The van der Waals surface area contributed by atoms with Crippen LogP contribution in [0.3, 0.4) is 0 Å². The average molecular weight is 214 g/mol. The molecule has 0 heterocycles. The molecule has 0 aromatic carbocycles. The van der Waals surface area contributed by atoms with Crippen LogP contribution in [-0.2, 0) is 9.59 Å². The third-order valence-electron chi connectivity index (χ3n) is 0.715. The molecule has 6 nitrogen and oxygen atoms in total. The third-order valence-corrected chi connectivity index (χ3v) is 0.715. The number of carboxylic acids is 2. The number of hydrogen-bond donors (Lipinski definition) is 4. The van der Waals surface area contributed by atoms with Gasteiger partial charge in [-0.3, -0.25) is 0 Å². The lowest BCUT2D eigenvalue weighted by atomic mass is 10.4. The molecule has 0 aromatic rings. The van der Waals surface area contributed by atoms with Gasteiger partial charge in [-0.25, -0.2) is 9.59 Å². The molecule has 0 aliphatic carbocycles. The number of rotatable bonds is 2. The maximum absolute atomic E-state index is 9.45. The molecule has 0 spiro atoms. The molecule has 2 atom stereocenters. The molecular weight excluding hydrogens is 200 g/mol. The second-order valence-corrected chi connectivity index (χ2v) is 2.03. The fourth-order valence-electron chi connectivity index (χ4n) is 0. The molecule has 4 N–H and O–H groups in total. The van der Waals surface area contributed by atoms with Crippen molar-refractivity contribution in [2.45, 2.75) is 26.1 Å². The molecule has 0 aliphatic rings. The van der Waals surface area contributed by atoms with Gasteiger partial charge in [-0.1, -0.05) is 0 Å². The Morgan fingerprint density at radius 2 is 1.00 bits per heavy atom. The molecular formula is C6H14O6S. The Bertz CT molecular complexity index is 137. The van der Waals surface area contributed by atoms with E-state index in [-0.39, 0.29) is 13.5 Å². The van der Waals surface area contributed by atoms with Crippen molar-refractivity contribution in [1.82, 2.24) is 0 Å². The minimum atomic E-state index is -1.23. The second kappa shape index (κ2) is 9.30. The largest absolute Gasteiger partial charge is 0.479 e. The van der Waals surface area contributed by atoms with E-state index < -0.39 is 24.1 Å². The Kier molecular flexibility index (Phi) is 12.9. The van der Waals surface area contributed by atoms with Gasteiger partial charge < -0.3 is 20.4 Å². The van der Waals surface area contributed by atoms with E-state index in [1.807, 2.05) is 0 Å². The van der Waals surface area contributed by atoms with Gasteiger partial charge >= 0.3 is 11.9 Å². The molecule has 13 heavy (non-hydrogen) atoms. The zero-order chi connectivity index (χ0) is 10.3. The Morgan fingerprint density at radius 3 is 1.00 bits per heavy atom. The fourth-order valence-corrected chi connectivity index (χ4v) is 0. The third kappa shape index (κ3) is 18.3. The van der Waals surface area contributed by atoms with Crippen LogP contribution >= 0.6 is 13.5 Å². The summed E-state index contributed by atoms with van der Waals surface area (Å²) in [6, 6.07) is 0. The van der Waals surface area contributed by atoms with Crippen LogP contribution in [0.25, 0.3) is 0 Å². The van der Waals surface area contributed by atoms with Crippen LogP contribution in [0.15, 0.2) is 0 Å². The molecule has 0 amide bonds. The van der Waals surface area contributed by atoms with E-state index in [0.717, 1.165) is 0 Å². The summed E-state index contributed by atoms with van der Waals surface area (Å²) in [6.07, 6.45) is -2.46. The Hall–Kier alpha value is -0.790. The number of aliphatic hydroxyl groups excluding tert-OH is 2. The highest BCUT2D eigenvalue weighted by Crippen LogP contribution is 1.73. The van der Waals surface area contributed by atoms with Crippen LogP contribution < -0.4 is 0 Å². The first-order valence-corrected chi connectivity index (χ1v) is 3.10. The highest BCUT2D eigenvalue weighted by Gasteiger charge is 2.01. The van der Waals surface area contributed by atoms with Gasteiger partial charge in [0.2, 0.25) is 0 Å². The van der Waals surface area contributed by atoms with Gasteiger partial charge in [0.15, 0.2) is 0 Å².